The number of alkyl halides is 3. The van der Waals surface area contributed by atoms with Gasteiger partial charge in [0.05, 0.1) is 18.4 Å². The van der Waals surface area contributed by atoms with Gasteiger partial charge in [0.15, 0.2) is 11.7 Å². The molecule has 0 radical (unpaired) electrons. The average molecular weight is 279 g/mol. The maximum atomic E-state index is 12.4. The van der Waals surface area contributed by atoms with Gasteiger partial charge >= 0.3 is 6.18 Å². The first kappa shape index (κ1) is 15.0. The molecule has 0 atom stereocenters. The van der Waals surface area contributed by atoms with Crippen LogP contribution in [0.25, 0.3) is 0 Å². The number of oxime groups is 1. The summed E-state index contributed by atoms with van der Waals surface area (Å²) in [5.41, 5.74) is 5.35. The van der Waals surface area contributed by atoms with Crippen molar-refractivity contribution in [3.8, 4) is 0 Å². The quantitative estimate of drug-likeness (QED) is 0.301. The first-order chi connectivity index (χ1) is 8.89. The topological polar surface area (TPSA) is 108 Å². The Morgan fingerprint density at radius 1 is 1.47 bits per heavy atom. The Balaban J connectivity index is 3.15. The van der Waals surface area contributed by atoms with Crippen molar-refractivity contribution >= 4 is 11.7 Å². The molecule has 0 fully saturated rings. The first-order valence-corrected chi connectivity index (χ1v) is 5.11. The molecule has 1 rings (SSSR count). The standard InChI is InChI=1S/C9H12F3N5O2/c10-9(11,12)5-17(3-4-18)8-6(7(13)16-19)1-2-14-15-8/h1-2,18-19H,3-5H2,(H2,13,16). The summed E-state index contributed by atoms with van der Waals surface area (Å²) in [5, 5.41) is 27.1. The molecule has 1 aromatic rings. The molecule has 0 amide bonds. The van der Waals surface area contributed by atoms with Gasteiger partial charge in [-0.3, -0.25) is 0 Å². The summed E-state index contributed by atoms with van der Waals surface area (Å²) in [6, 6.07) is 1.26. The van der Waals surface area contributed by atoms with Crippen molar-refractivity contribution in [1.29, 1.82) is 0 Å². The lowest BCUT2D eigenvalue weighted by atomic mass is 10.2. The number of aliphatic hydroxyl groups is 1. The number of nitrogens with zero attached hydrogens (tertiary/aromatic N) is 4. The van der Waals surface area contributed by atoms with Crippen LogP contribution in [0.15, 0.2) is 17.4 Å². The SMILES string of the molecule is N/C(=N/O)c1ccnnc1N(CCO)CC(F)(F)F. The molecule has 0 aliphatic heterocycles. The number of amidine groups is 1. The number of anilines is 1. The predicted molar refractivity (Wildman–Crippen MR) is 59.9 cm³/mol. The van der Waals surface area contributed by atoms with Crippen molar-refractivity contribution in [1.82, 2.24) is 10.2 Å². The summed E-state index contributed by atoms with van der Waals surface area (Å²) in [5.74, 6) is -0.612. The highest BCUT2D eigenvalue weighted by Crippen LogP contribution is 2.22. The fourth-order valence-electron chi connectivity index (χ4n) is 1.41. The molecule has 0 aliphatic carbocycles. The van der Waals surface area contributed by atoms with E-state index in [9.17, 15) is 13.2 Å². The van der Waals surface area contributed by atoms with E-state index in [1.807, 2.05) is 0 Å². The maximum Gasteiger partial charge on any atom is 0.405 e. The molecule has 4 N–H and O–H groups in total. The lowest BCUT2D eigenvalue weighted by molar-refractivity contribution is -0.120. The lowest BCUT2D eigenvalue weighted by Gasteiger charge is -2.25. The van der Waals surface area contributed by atoms with Crippen LogP contribution < -0.4 is 10.6 Å². The lowest BCUT2D eigenvalue weighted by Crippen LogP contribution is -2.38. The Kier molecular flexibility index (Phi) is 4.87. The van der Waals surface area contributed by atoms with Crippen molar-refractivity contribution in [2.24, 2.45) is 10.9 Å². The van der Waals surface area contributed by atoms with Crippen LogP contribution in [0.3, 0.4) is 0 Å². The number of aromatic nitrogens is 2. The molecule has 7 nitrogen and oxygen atoms in total. The van der Waals surface area contributed by atoms with Crippen molar-refractivity contribution in [3.05, 3.63) is 17.8 Å². The molecular formula is C9H12F3N5O2. The van der Waals surface area contributed by atoms with Gasteiger partial charge in [0.25, 0.3) is 0 Å². The van der Waals surface area contributed by atoms with Crippen molar-refractivity contribution in [2.45, 2.75) is 6.18 Å². The highest BCUT2D eigenvalue weighted by Gasteiger charge is 2.32. The number of rotatable bonds is 5. The minimum absolute atomic E-state index is 0.00444. The van der Waals surface area contributed by atoms with E-state index >= 15 is 0 Å². The van der Waals surface area contributed by atoms with Crippen LogP contribution in [-0.2, 0) is 0 Å². The third kappa shape index (κ3) is 4.25. The van der Waals surface area contributed by atoms with Crippen LogP contribution in [0.2, 0.25) is 0 Å². The Labute approximate surface area is 106 Å². The van der Waals surface area contributed by atoms with Gasteiger partial charge in [0.1, 0.15) is 6.54 Å². The van der Waals surface area contributed by atoms with Gasteiger partial charge in [-0.25, -0.2) is 0 Å². The van der Waals surface area contributed by atoms with Crippen molar-refractivity contribution in [3.63, 3.8) is 0 Å². The van der Waals surface area contributed by atoms with Crippen LogP contribution >= 0.6 is 0 Å². The second-order valence-corrected chi connectivity index (χ2v) is 3.51. The van der Waals surface area contributed by atoms with Gasteiger partial charge < -0.3 is 20.9 Å². The highest BCUT2D eigenvalue weighted by molar-refractivity contribution is 6.01. The second-order valence-electron chi connectivity index (χ2n) is 3.51. The molecule has 1 aromatic heterocycles. The third-order valence-corrected chi connectivity index (χ3v) is 2.12. The molecule has 106 valence electrons. The molecule has 1 heterocycles. The van der Waals surface area contributed by atoms with E-state index in [0.29, 0.717) is 0 Å². The van der Waals surface area contributed by atoms with Gasteiger partial charge in [-0.15, -0.1) is 5.10 Å². The van der Waals surface area contributed by atoms with Gasteiger partial charge in [-0.1, -0.05) is 5.16 Å². The van der Waals surface area contributed by atoms with Gasteiger partial charge in [-0.05, 0) is 6.07 Å². The van der Waals surface area contributed by atoms with E-state index in [1.165, 1.54) is 12.3 Å². The number of hydrogen-bond donors (Lipinski definition) is 3. The van der Waals surface area contributed by atoms with Crippen LogP contribution in [0.1, 0.15) is 5.56 Å². The zero-order valence-corrected chi connectivity index (χ0v) is 9.67. The Bertz CT molecular complexity index is 452. The monoisotopic (exact) mass is 279 g/mol. The van der Waals surface area contributed by atoms with Crippen LogP contribution in [0, 0.1) is 0 Å². The van der Waals surface area contributed by atoms with E-state index < -0.39 is 25.2 Å². The van der Waals surface area contributed by atoms with Gasteiger partial charge in [0.2, 0.25) is 0 Å². The molecule has 0 saturated heterocycles. The van der Waals surface area contributed by atoms with Crippen LogP contribution in [0.4, 0.5) is 19.0 Å². The summed E-state index contributed by atoms with van der Waals surface area (Å²) in [6.07, 6.45) is -3.29. The summed E-state index contributed by atoms with van der Waals surface area (Å²) in [7, 11) is 0. The number of aliphatic hydroxyl groups excluding tert-OH is 1. The molecule has 0 aromatic carbocycles. The molecule has 0 bridgehead atoms. The van der Waals surface area contributed by atoms with Crippen molar-refractivity contribution in [2.75, 3.05) is 24.6 Å². The Morgan fingerprint density at radius 2 is 2.16 bits per heavy atom. The van der Waals surface area contributed by atoms with Gasteiger partial charge in [0, 0.05) is 6.54 Å². The van der Waals surface area contributed by atoms with E-state index in [0.717, 1.165) is 4.90 Å². The highest BCUT2D eigenvalue weighted by atomic mass is 19.4. The minimum atomic E-state index is -4.49. The molecular weight excluding hydrogens is 267 g/mol. The molecule has 0 aliphatic rings. The number of hydrogen-bond acceptors (Lipinski definition) is 6. The molecule has 10 heteroatoms. The van der Waals surface area contributed by atoms with Gasteiger partial charge in [-0.2, -0.15) is 18.3 Å². The number of nitrogens with two attached hydrogens (primary N) is 1. The zero-order valence-electron chi connectivity index (χ0n) is 9.67. The summed E-state index contributed by atoms with van der Waals surface area (Å²) >= 11 is 0. The summed E-state index contributed by atoms with van der Waals surface area (Å²) in [4.78, 5) is 0.750. The molecule has 19 heavy (non-hydrogen) atoms. The van der Waals surface area contributed by atoms with Crippen LogP contribution in [-0.4, -0.2) is 52.2 Å². The first-order valence-electron chi connectivity index (χ1n) is 5.11. The number of halogens is 3. The average Bonchev–Trinajstić information content (AvgIpc) is 2.36. The maximum absolute atomic E-state index is 12.4. The van der Waals surface area contributed by atoms with Crippen molar-refractivity contribution < 1.29 is 23.5 Å². The Morgan fingerprint density at radius 3 is 2.68 bits per heavy atom. The van der Waals surface area contributed by atoms with Crippen LogP contribution in [0.5, 0.6) is 0 Å². The minimum Gasteiger partial charge on any atom is -0.409 e. The fraction of sp³-hybridized carbons (Fsp3) is 0.444. The smallest absolute Gasteiger partial charge is 0.405 e. The van der Waals surface area contributed by atoms with E-state index in [-0.39, 0.29) is 17.9 Å². The predicted octanol–water partition coefficient (Wildman–Crippen LogP) is -0.0679. The third-order valence-electron chi connectivity index (χ3n) is 2.12. The van der Waals surface area contributed by atoms with E-state index in [1.54, 1.807) is 0 Å². The summed E-state index contributed by atoms with van der Waals surface area (Å²) in [6.45, 7) is -2.16. The molecule has 0 unspecified atom stereocenters. The normalized spacial score (nSPS) is 12.5. The second kappa shape index (κ2) is 6.18. The molecule has 0 saturated carbocycles. The largest absolute Gasteiger partial charge is 0.409 e. The van der Waals surface area contributed by atoms with E-state index in [4.69, 9.17) is 16.0 Å². The Hall–Kier alpha value is -2.10. The molecule has 0 spiro atoms. The fourth-order valence-corrected chi connectivity index (χ4v) is 1.41. The van der Waals surface area contributed by atoms with E-state index in [2.05, 4.69) is 15.4 Å². The summed E-state index contributed by atoms with van der Waals surface area (Å²) < 4.78 is 37.3. The zero-order chi connectivity index (χ0) is 14.5.